The Morgan fingerprint density at radius 3 is 1.76 bits per heavy atom. The molecule has 8 rings (SSSR count). The van der Waals surface area contributed by atoms with E-state index in [1.807, 2.05) is 41.5 Å². The lowest BCUT2D eigenvalue weighted by Crippen LogP contribution is -2.67. The second-order valence-electron chi connectivity index (χ2n) is 19.1. The average molecular weight is 772 g/mol. The zero-order valence-corrected chi connectivity index (χ0v) is 35.0. The first-order valence-corrected chi connectivity index (χ1v) is 19.6. The van der Waals surface area contributed by atoms with Crippen LogP contribution in [0.15, 0.2) is 4.42 Å². The highest BCUT2D eigenvalue weighted by Crippen LogP contribution is 2.53. The van der Waals surface area contributed by atoms with E-state index >= 15 is 0 Å². The van der Waals surface area contributed by atoms with E-state index in [2.05, 4.69) is 32.4 Å². The molecule has 0 bridgehead atoms. The number of hydrogen-bond acceptors (Lipinski definition) is 5. The van der Waals surface area contributed by atoms with Crippen LogP contribution in [0.2, 0.25) is 0 Å². The van der Waals surface area contributed by atoms with Crippen molar-refractivity contribution in [3.8, 4) is 17.2 Å². The molecule has 18 radical (unpaired) electrons. The summed E-state index contributed by atoms with van der Waals surface area (Å²) < 4.78 is 61.4. The summed E-state index contributed by atoms with van der Waals surface area (Å²) in [5, 5.41) is 0.612. The molecule has 0 saturated carbocycles. The number of nitrogens with zero attached hydrogens (tertiary/aromatic N) is 1. The highest BCUT2D eigenvalue weighted by molar-refractivity contribution is 7.30. The fourth-order valence-electron chi connectivity index (χ4n) is 9.93. The predicted octanol–water partition coefficient (Wildman–Crippen LogP) is -0.504. The van der Waals surface area contributed by atoms with Gasteiger partial charge in [-0.3, -0.25) is 0 Å². The Labute approximate surface area is 354 Å². The van der Waals surface area contributed by atoms with Crippen LogP contribution in [0.4, 0.5) is 30.2 Å². The van der Waals surface area contributed by atoms with Crippen molar-refractivity contribution in [1.82, 2.24) is 0 Å². The van der Waals surface area contributed by atoms with Gasteiger partial charge < -0.3 is 18.8 Å². The molecular formula is C40H32B10F3NO3S. The van der Waals surface area contributed by atoms with Crippen molar-refractivity contribution in [3.63, 3.8) is 0 Å². The SMILES string of the molecule is [B]c1c(C(C)(C)C)sc2c1Oc1c([B])c(OC(F)(F)F)c([B])c3c1B2c1c(c([B])c2oc4c(c2c1[B])C(C)(C)CC4(C)C)N3c1c([B])c([B])c(C(C)(C)C)c([B])c1[B]. The molecule has 0 fully saturated rings. The van der Waals surface area contributed by atoms with Crippen LogP contribution in [-0.4, -0.2) is 83.7 Å². The standard InChI is InChI=1S/C40H32B10F3NO3S/c1-36(2,3)14-16(42)18(44)26(19(45)17(14)43)54-27-20(46)29-12(13-33(56-29)39(9,10)11-38(13,7)8)15(41)24(27)50-25-28(54)21(47)30(57-40(51,52)53)22(48)31(25)55-32-23(49)34(37(4,5)6)58-35(32)50/h11H2,1-10H3. The number of furan rings is 1. The number of halogens is 3. The lowest BCUT2D eigenvalue weighted by atomic mass is 9.34. The van der Waals surface area contributed by atoms with Gasteiger partial charge in [-0.25, -0.2) is 0 Å². The monoisotopic (exact) mass is 773 g/mol. The molecule has 3 aromatic carbocycles. The van der Waals surface area contributed by atoms with Gasteiger partial charge in [0.2, 0.25) is 0 Å². The van der Waals surface area contributed by atoms with Crippen molar-refractivity contribution in [3.05, 3.63) is 21.8 Å². The summed E-state index contributed by atoms with van der Waals surface area (Å²) in [6, 6.07) is 0. The van der Waals surface area contributed by atoms with Gasteiger partial charge in [0.15, 0.2) is 0 Å². The molecule has 58 heavy (non-hydrogen) atoms. The van der Waals surface area contributed by atoms with Crippen molar-refractivity contribution >= 4 is 182 Å². The van der Waals surface area contributed by atoms with Crippen LogP contribution in [0.5, 0.6) is 17.2 Å². The maximum Gasteiger partial charge on any atom is 0.573 e. The zero-order chi connectivity index (χ0) is 43.0. The largest absolute Gasteiger partial charge is 0.573 e. The molecule has 0 saturated heterocycles. The van der Waals surface area contributed by atoms with Crippen molar-refractivity contribution < 1.29 is 27.1 Å². The Hall–Kier alpha value is -3.26. The number of alkyl halides is 3. The molecule has 3 aliphatic rings. The van der Waals surface area contributed by atoms with E-state index in [9.17, 15) is 13.2 Å². The van der Waals surface area contributed by atoms with Crippen molar-refractivity contribution in [2.45, 2.75) is 104 Å². The number of fused-ring (bicyclic) bond motifs is 7. The highest BCUT2D eigenvalue weighted by Gasteiger charge is 2.52. The van der Waals surface area contributed by atoms with Gasteiger partial charge in [0.1, 0.15) is 99.2 Å². The fourth-order valence-corrected chi connectivity index (χ4v) is 11.3. The lowest BCUT2D eigenvalue weighted by molar-refractivity contribution is -0.273. The second-order valence-corrected chi connectivity index (χ2v) is 20.2. The molecule has 18 heteroatoms. The highest BCUT2D eigenvalue weighted by atomic mass is 32.1. The first-order chi connectivity index (χ1) is 26.4. The minimum Gasteiger partial charge on any atom is -0.461 e. The van der Waals surface area contributed by atoms with Crippen molar-refractivity contribution in [2.24, 2.45) is 0 Å². The minimum atomic E-state index is -5.23. The van der Waals surface area contributed by atoms with E-state index in [4.69, 9.17) is 79.8 Å². The molecule has 4 nitrogen and oxygen atoms in total. The van der Waals surface area contributed by atoms with Crippen LogP contribution in [0.3, 0.4) is 0 Å². The number of hydrogen-bond donors (Lipinski definition) is 0. The van der Waals surface area contributed by atoms with E-state index in [0.29, 0.717) is 37.9 Å². The second kappa shape index (κ2) is 12.4. The normalized spacial score (nSPS) is 16.6. The van der Waals surface area contributed by atoms with E-state index < -0.39 is 51.4 Å². The summed E-state index contributed by atoms with van der Waals surface area (Å²) in [5.41, 5.74) is 0.309. The van der Waals surface area contributed by atoms with E-state index in [-0.39, 0.29) is 66.9 Å². The van der Waals surface area contributed by atoms with E-state index in [1.165, 1.54) is 16.2 Å². The molecule has 0 amide bonds. The number of benzene rings is 3. The van der Waals surface area contributed by atoms with Gasteiger partial charge >= 0.3 is 6.36 Å². The summed E-state index contributed by atoms with van der Waals surface area (Å²) in [6.45, 7) is 19.2. The Morgan fingerprint density at radius 2 is 1.22 bits per heavy atom. The summed E-state index contributed by atoms with van der Waals surface area (Å²) in [6.07, 6.45) is -4.47. The van der Waals surface area contributed by atoms with Gasteiger partial charge in [-0.05, 0) is 50.0 Å². The Bertz CT molecular complexity index is 2660. The molecule has 2 aromatic heterocycles. The number of anilines is 3. The van der Waals surface area contributed by atoms with E-state index in [0.717, 1.165) is 16.9 Å². The third-order valence-corrected chi connectivity index (χ3v) is 13.5. The van der Waals surface area contributed by atoms with Crippen molar-refractivity contribution in [2.75, 3.05) is 4.90 Å². The third-order valence-electron chi connectivity index (χ3n) is 11.8. The van der Waals surface area contributed by atoms with Crippen LogP contribution < -0.4 is 79.2 Å². The number of rotatable bonds is 2. The number of ether oxygens (including phenoxy) is 2. The van der Waals surface area contributed by atoms with Gasteiger partial charge in [-0.2, -0.15) is 11.3 Å². The number of thiophene rings is 1. The van der Waals surface area contributed by atoms with Crippen molar-refractivity contribution in [1.29, 1.82) is 0 Å². The quantitative estimate of drug-likeness (QED) is 0.223. The molecule has 0 spiro atoms. The lowest BCUT2D eigenvalue weighted by Gasteiger charge is -2.45. The van der Waals surface area contributed by atoms with Gasteiger partial charge in [0, 0.05) is 43.1 Å². The summed E-state index contributed by atoms with van der Waals surface area (Å²) in [7, 11) is 62.9. The van der Waals surface area contributed by atoms with Gasteiger partial charge in [0.25, 0.3) is 6.71 Å². The molecule has 1 aliphatic carbocycles. The smallest absolute Gasteiger partial charge is 0.461 e. The minimum absolute atomic E-state index is 0.00333. The molecule has 4 heterocycles. The van der Waals surface area contributed by atoms with Gasteiger partial charge in [0.05, 0.1) is 0 Å². The molecule has 0 unspecified atom stereocenters. The Kier molecular flexibility index (Phi) is 8.88. The average Bonchev–Trinajstić information content (AvgIpc) is 3.71. The van der Waals surface area contributed by atoms with Crippen LogP contribution in [0, 0.1) is 0 Å². The third kappa shape index (κ3) is 5.53. The Morgan fingerprint density at radius 1 is 0.655 bits per heavy atom. The summed E-state index contributed by atoms with van der Waals surface area (Å²) in [5.74, 6) is -0.166. The zero-order valence-electron chi connectivity index (χ0n) is 34.2. The molecule has 0 atom stereocenters. The Balaban J connectivity index is 1.64. The first-order valence-electron chi connectivity index (χ1n) is 18.8. The molecule has 272 valence electrons. The van der Waals surface area contributed by atoms with Gasteiger partial charge in [-0.15, -0.1) is 13.2 Å². The van der Waals surface area contributed by atoms with Gasteiger partial charge in [-0.1, -0.05) is 108 Å². The molecule has 0 N–H and O–H groups in total. The van der Waals surface area contributed by atoms with Crippen LogP contribution in [-0.2, 0) is 21.7 Å². The maximum absolute atomic E-state index is 14.3. The van der Waals surface area contributed by atoms with Crippen LogP contribution >= 0.6 is 11.3 Å². The van der Waals surface area contributed by atoms with Crippen LogP contribution in [0.1, 0.15) is 97.4 Å². The topological polar surface area (TPSA) is 34.8 Å². The fraction of sp³-hybridized carbons (Fsp3) is 0.400. The summed E-state index contributed by atoms with van der Waals surface area (Å²) in [4.78, 5) is 2.22. The first kappa shape index (κ1) is 41.5. The maximum atomic E-state index is 14.3. The van der Waals surface area contributed by atoms with E-state index in [1.54, 1.807) is 0 Å². The summed E-state index contributed by atoms with van der Waals surface area (Å²) >= 11 is 1.39. The molecule has 5 aromatic rings. The predicted molar refractivity (Wildman–Crippen MR) is 243 cm³/mol. The molecular weight excluding hydrogens is 740 g/mol. The van der Waals surface area contributed by atoms with Crippen LogP contribution in [0.25, 0.3) is 11.0 Å². The molecule has 2 aliphatic heterocycles.